The van der Waals surface area contributed by atoms with Crippen LogP contribution in [0.25, 0.3) is 0 Å². The Labute approximate surface area is 135 Å². The lowest BCUT2D eigenvalue weighted by Gasteiger charge is -2.19. The highest BCUT2D eigenvalue weighted by molar-refractivity contribution is 5.82. The van der Waals surface area contributed by atoms with Gasteiger partial charge in [-0.25, -0.2) is 0 Å². The van der Waals surface area contributed by atoms with E-state index in [1.165, 1.54) is 11.1 Å². The summed E-state index contributed by atoms with van der Waals surface area (Å²) in [6.07, 6.45) is 1.93. The smallest absolute Gasteiger partial charge is 0.0630 e. The molecule has 0 heterocycles. The predicted octanol–water partition coefficient (Wildman–Crippen LogP) is 6.03. The Bertz CT molecular complexity index is 573. The second-order valence-corrected chi connectivity index (χ2v) is 7.93. The molecule has 0 amide bonds. The Morgan fingerprint density at radius 1 is 0.636 bits per heavy atom. The van der Waals surface area contributed by atoms with Crippen LogP contribution >= 0.6 is 0 Å². The van der Waals surface area contributed by atoms with E-state index in [1.807, 2.05) is 6.21 Å². The normalized spacial score (nSPS) is 12.8. The van der Waals surface area contributed by atoms with Crippen molar-refractivity contribution in [1.29, 1.82) is 0 Å². The number of hydrogen-bond acceptors (Lipinski definition) is 1. The molecule has 0 bridgehead atoms. The topological polar surface area (TPSA) is 12.4 Å². The average molecular weight is 293 g/mol. The second kappa shape index (κ2) is 6.08. The molecule has 0 radical (unpaired) electrons. The van der Waals surface area contributed by atoms with E-state index in [2.05, 4.69) is 95.1 Å². The summed E-state index contributed by atoms with van der Waals surface area (Å²) in [6, 6.07) is 17.1. The van der Waals surface area contributed by atoms with Gasteiger partial charge in [-0.05, 0) is 39.7 Å². The van der Waals surface area contributed by atoms with Crippen molar-refractivity contribution in [2.75, 3.05) is 0 Å². The number of hydrogen-bond donors (Lipinski definition) is 0. The molecule has 2 rings (SSSR count). The summed E-state index contributed by atoms with van der Waals surface area (Å²) in [5, 5.41) is 0. The lowest BCUT2D eigenvalue weighted by molar-refractivity contribution is 0.590. The molecule has 116 valence electrons. The lowest BCUT2D eigenvalue weighted by Crippen LogP contribution is -2.10. The van der Waals surface area contributed by atoms with Gasteiger partial charge in [0.15, 0.2) is 0 Å². The molecule has 0 N–H and O–H groups in total. The number of aliphatic imine (C=N–C) groups is 1. The van der Waals surface area contributed by atoms with Gasteiger partial charge in [-0.15, -0.1) is 0 Å². The van der Waals surface area contributed by atoms with Crippen LogP contribution in [-0.4, -0.2) is 6.21 Å². The van der Waals surface area contributed by atoms with E-state index in [0.717, 1.165) is 11.3 Å². The van der Waals surface area contributed by atoms with Gasteiger partial charge in [-0.1, -0.05) is 77.9 Å². The van der Waals surface area contributed by atoms with E-state index in [-0.39, 0.29) is 10.8 Å². The second-order valence-electron chi connectivity index (χ2n) is 7.93. The molecule has 1 heteroatoms. The maximum atomic E-state index is 4.57. The zero-order valence-electron chi connectivity index (χ0n) is 14.6. The quantitative estimate of drug-likeness (QED) is 0.599. The van der Waals surface area contributed by atoms with E-state index in [9.17, 15) is 0 Å². The van der Waals surface area contributed by atoms with Crippen molar-refractivity contribution in [1.82, 2.24) is 0 Å². The van der Waals surface area contributed by atoms with Gasteiger partial charge in [0, 0.05) is 6.21 Å². The summed E-state index contributed by atoms with van der Waals surface area (Å²) in [4.78, 5) is 4.57. The van der Waals surface area contributed by atoms with Crippen LogP contribution in [0.4, 0.5) is 5.69 Å². The molecular formula is C21H27N. The van der Waals surface area contributed by atoms with Gasteiger partial charge in [0.1, 0.15) is 0 Å². The third kappa shape index (κ3) is 4.30. The van der Waals surface area contributed by atoms with Gasteiger partial charge in [-0.3, -0.25) is 4.99 Å². The first kappa shape index (κ1) is 16.5. The van der Waals surface area contributed by atoms with Gasteiger partial charge in [-0.2, -0.15) is 0 Å². The summed E-state index contributed by atoms with van der Waals surface area (Å²) < 4.78 is 0. The summed E-state index contributed by atoms with van der Waals surface area (Å²) in [7, 11) is 0. The van der Waals surface area contributed by atoms with Crippen LogP contribution in [0.3, 0.4) is 0 Å². The van der Waals surface area contributed by atoms with Crippen LogP contribution in [0.1, 0.15) is 58.2 Å². The fourth-order valence-electron chi connectivity index (χ4n) is 2.27. The highest BCUT2D eigenvalue weighted by atomic mass is 14.7. The van der Waals surface area contributed by atoms with Gasteiger partial charge in [0.25, 0.3) is 0 Å². The van der Waals surface area contributed by atoms with Crippen LogP contribution in [0, 0.1) is 0 Å². The zero-order chi connectivity index (χ0) is 16.4. The molecule has 1 nitrogen and oxygen atoms in total. The Hall–Kier alpha value is -1.89. The Morgan fingerprint density at radius 3 is 1.45 bits per heavy atom. The standard InChI is InChI=1S/C21H27N/c1-20(2,3)17-9-7-16(8-10-17)15-22-19-13-11-18(12-14-19)21(4,5)6/h7-15H,1-6H3. The third-order valence-corrected chi connectivity index (χ3v) is 3.87. The van der Waals surface area contributed by atoms with Crippen molar-refractivity contribution in [3.8, 4) is 0 Å². The summed E-state index contributed by atoms with van der Waals surface area (Å²) in [5.41, 5.74) is 5.18. The van der Waals surface area contributed by atoms with E-state index in [4.69, 9.17) is 0 Å². The summed E-state index contributed by atoms with van der Waals surface area (Å²) >= 11 is 0. The molecular weight excluding hydrogens is 266 g/mol. The molecule has 0 spiro atoms. The van der Waals surface area contributed by atoms with Gasteiger partial charge >= 0.3 is 0 Å². The molecule has 2 aromatic rings. The predicted molar refractivity (Wildman–Crippen MR) is 97.5 cm³/mol. The van der Waals surface area contributed by atoms with Crippen molar-refractivity contribution >= 4 is 11.9 Å². The molecule has 0 fully saturated rings. The number of nitrogens with zero attached hydrogens (tertiary/aromatic N) is 1. The van der Waals surface area contributed by atoms with Crippen molar-refractivity contribution in [2.45, 2.75) is 52.4 Å². The molecule has 0 unspecified atom stereocenters. The van der Waals surface area contributed by atoms with E-state index in [1.54, 1.807) is 0 Å². The molecule has 22 heavy (non-hydrogen) atoms. The molecule has 0 saturated heterocycles. The monoisotopic (exact) mass is 293 g/mol. The zero-order valence-corrected chi connectivity index (χ0v) is 14.6. The maximum Gasteiger partial charge on any atom is 0.0630 e. The van der Waals surface area contributed by atoms with Gasteiger partial charge < -0.3 is 0 Å². The third-order valence-electron chi connectivity index (χ3n) is 3.87. The first-order valence-corrected chi connectivity index (χ1v) is 7.91. The van der Waals surface area contributed by atoms with Crippen LogP contribution in [0.15, 0.2) is 53.5 Å². The van der Waals surface area contributed by atoms with Gasteiger partial charge in [0.2, 0.25) is 0 Å². The molecule has 0 aromatic heterocycles. The summed E-state index contributed by atoms with van der Waals surface area (Å²) in [6.45, 7) is 13.4. The van der Waals surface area contributed by atoms with E-state index >= 15 is 0 Å². The average Bonchev–Trinajstić information content (AvgIpc) is 2.44. The Kier molecular flexibility index (Phi) is 4.55. The molecule has 0 aliphatic rings. The number of rotatable bonds is 2. The highest BCUT2D eigenvalue weighted by Crippen LogP contribution is 2.25. The summed E-state index contributed by atoms with van der Waals surface area (Å²) in [5.74, 6) is 0. The molecule has 0 saturated carbocycles. The van der Waals surface area contributed by atoms with E-state index < -0.39 is 0 Å². The van der Waals surface area contributed by atoms with Crippen molar-refractivity contribution in [3.63, 3.8) is 0 Å². The van der Waals surface area contributed by atoms with Gasteiger partial charge in [0.05, 0.1) is 5.69 Å². The number of benzene rings is 2. The van der Waals surface area contributed by atoms with Crippen LogP contribution in [0.2, 0.25) is 0 Å². The van der Waals surface area contributed by atoms with Crippen molar-refractivity contribution < 1.29 is 0 Å². The minimum Gasteiger partial charge on any atom is -0.256 e. The van der Waals surface area contributed by atoms with Crippen molar-refractivity contribution in [2.24, 2.45) is 4.99 Å². The highest BCUT2D eigenvalue weighted by Gasteiger charge is 2.13. The molecule has 0 aliphatic heterocycles. The Balaban J connectivity index is 2.12. The fourth-order valence-corrected chi connectivity index (χ4v) is 2.27. The van der Waals surface area contributed by atoms with Crippen molar-refractivity contribution in [3.05, 3.63) is 65.2 Å². The maximum absolute atomic E-state index is 4.57. The molecule has 0 aliphatic carbocycles. The Morgan fingerprint density at radius 2 is 1.05 bits per heavy atom. The first-order chi connectivity index (χ1) is 10.2. The SMILES string of the molecule is CC(C)(C)c1ccc(C=Nc2ccc(C(C)(C)C)cc2)cc1. The minimum absolute atomic E-state index is 0.186. The fraction of sp³-hybridized carbons (Fsp3) is 0.381. The minimum atomic E-state index is 0.186. The molecule has 0 atom stereocenters. The van der Waals surface area contributed by atoms with Crippen LogP contribution in [-0.2, 0) is 10.8 Å². The molecule has 2 aromatic carbocycles. The van der Waals surface area contributed by atoms with E-state index in [0.29, 0.717) is 0 Å². The largest absolute Gasteiger partial charge is 0.256 e. The van der Waals surface area contributed by atoms with Crippen LogP contribution < -0.4 is 0 Å². The lowest BCUT2D eigenvalue weighted by atomic mass is 9.87. The first-order valence-electron chi connectivity index (χ1n) is 7.91. The van der Waals surface area contributed by atoms with Crippen LogP contribution in [0.5, 0.6) is 0 Å².